The highest BCUT2D eigenvalue weighted by molar-refractivity contribution is 5.68. The maximum atomic E-state index is 12.2. The summed E-state index contributed by atoms with van der Waals surface area (Å²) in [5.41, 5.74) is 2.14. The average Bonchev–Trinajstić information content (AvgIpc) is 2.95. The second-order valence-electron chi connectivity index (χ2n) is 5.96. The molecule has 1 N–H and O–H groups in total. The smallest absolute Gasteiger partial charge is 0.410 e. The Hall–Kier alpha value is -2.33. The van der Waals surface area contributed by atoms with E-state index in [0.29, 0.717) is 13.1 Å². The van der Waals surface area contributed by atoms with E-state index in [1.165, 1.54) is 5.56 Å². The number of aliphatic hydroxyl groups excluding tert-OH is 1. The van der Waals surface area contributed by atoms with Crippen molar-refractivity contribution in [2.45, 2.75) is 19.1 Å². The molecule has 0 radical (unpaired) electrons. The third-order valence-electron chi connectivity index (χ3n) is 4.21. The summed E-state index contributed by atoms with van der Waals surface area (Å²) in [6.45, 7) is 1.13. The van der Waals surface area contributed by atoms with Crippen LogP contribution in [0.3, 0.4) is 0 Å². The standard InChI is InChI=1S/C19H21NO3/c21-18-13-20(12-17(18)11-15-7-3-1-4-8-15)19(22)23-14-16-9-5-2-6-10-16/h1-10,17-18,21H,11-14H2/t17-,18-/m1/s1. The van der Waals surface area contributed by atoms with Gasteiger partial charge in [0.2, 0.25) is 0 Å². The first-order chi connectivity index (χ1) is 11.2. The predicted octanol–water partition coefficient (Wildman–Crippen LogP) is 2.86. The van der Waals surface area contributed by atoms with Crippen molar-refractivity contribution in [2.75, 3.05) is 13.1 Å². The Morgan fingerprint density at radius 1 is 1.00 bits per heavy atom. The van der Waals surface area contributed by atoms with Gasteiger partial charge in [-0.1, -0.05) is 60.7 Å². The third-order valence-corrected chi connectivity index (χ3v) is 4.21. The molecular weight excluding hydrogens is 290 g/mol. The van der Waals surface area contributed by atoms with E-state index in [0.717, 1.165) is 12.0 Å². The van der Waals surface area contributed by atoms with Crippen LogP contribution in [0.2, 0.25) is 0 Å². The van der Waals surface area contributed by atoms with Crippen LogP contribution in [0.15, 0.2) is 60.7 Å². The first kappa shape index (κ1) is 15.6. The number of nitrogens with zero attached hydrogens (tertiary/aromatic N) is 1. The molecule has 3 rings (SSSR count). The molecule has 120 valence electrons. The summed E-state index contributed by atoms with van der Waals surface area (Å²) >= 11 is 0. The number of rotatable bonds is 4. The van der Waals surface area contributed by atoms with Gasteiger partial charge >= 0.3 is 6.09 Å². The highest BCUT2D eigenvalue weighted by Gasteiger charge is 2.34. The van der Waals surface area contributed by atoms with Crippen LogP contribution in [-0.2, 0) is 17.8 Å². The van der Waals surface area contributed by atoms with Crippen molar-refractivity contribution in [3.63, 3.8) is 0 Å². The van der Waals surface area contributed by atoms with Crippen LogP contribution in [0, 0.1) is 5.92 Å². The fraction of sp³-hybridized carbons (Fsp3) is 0.316. The first-order valence-electron chi connectivity index (χ1n) is 7.90. The third kappa shape index (κ3) is 4.11. The lowest BCUT2D eigenvalue weighted by Crippen LogP contribution is -2.30. The summed E-state index contributed by atoms with van der Waals surface area (Å²) in [4.78, 5) is 13.8. The van der Waals surface area contributed by atoms with Crippen molar-refractivity contribution in [2.24, 2.45) is 5.92 Å². The molecule has 23 heavy (non-hydrogen) atoms. The Labute approximate surface area is 136 Å². The highest BCUT2D eigenvalue weighted by atomic mass is 16.6. The quantitative estimate of drug-likeness (QED) is 0.944. The van der Waals surface area contributed by atoms with E-state index in [1.54, 1.807) is 4.90 Å². The molecule has 0 saturated carbocycles. The fourth-order valence-electron chi connectivity index (χ4n) is 2.93. The summed E-state index contributed by atoms with van der Waals surface area (Å²) in [6.07, 6.45) is -0.0901. The van der Waals surface area contributed by atoms with Gasteiger partial charge in [-0.05, 0) is 17.5 Å². The van der Waals surface area contributed by atoms with Crippen molar-refractivity contribution < 1.29 is 14.6 Å². The highest BCUT2D eigenvalue weighted by Crippen LogP contribution is 2.22. The number of carbonyl (C=O) groups excluding carboxylic acids is 1. The van der Waals surface area contributed by atoms with E-state index < -0.39 is 6.10 Å². The van der Waals surface area contributed by atoms with E-state index in [9.17, 15) is 9.90 Å². The molecular formula is C19H21NO3. The maximum absolute atomic E-state index is 12.2. The Balaban J connectivity index is 1.52. The molecule has 1 heterocycles. The van der Waals surface area contributed by atoms with Crippen molar-refractivity contribution in [1.82, 2.24) is 4.90 Å². The molecule has 0 bridgehead atoms. The van der Waals surface area contributed by atoms with Crippen molar-refractivity contribution >= 4 is 6.09 Å². The van der Waals surface area contributed by atoms with Crippen LogP contribution in [0.25, 0.3) is 0 Å². The predicted molar refractivity (Wildman–Crippen MR) is 87.8 cm³/mol. The molecule has 1 aliphatic rings. The summed E-state index contributed by atoms with van der Waals surface area (Å²) in [7, 11) is 0. The molecule has 4 nitrogen and oxygen atoms in total. The van der Waals surface area contributed by atoms with Gasteiger partial charge in [-0.15, -0.1) is 0 Å². The molecule has 4 heteroatoms. The number of hydrogen-bond acceptors (Lipinski definition) is 3. The van der Waals surface area contributed by atoms with Gasteiger partial charge in [0.15, 0.2) is 0 Å². The van der Waals surface area contributed by atoms with Gasteiger partial charge in [0.05, 0.1) is 12.6 Å². The number of β-amino-alcohol motifs (C(OH)–C–C–N with tert-alkyl or cyclic N) is 1. The SMILES string of the molecule is O=C(OCc1ccccc1)N1C[C@@H](Cc2ccccc2)[C@H](O)C1. The van der Waals surface area contributed by atoms with Crippen molar-refractivity contribution in [1.29, 1.82) is 0 Å². The van der Waals surface area contributed by atoms with Crippen LogP contribution >= 0.6 is 0 Å². The van der Waals surface area contributed by atoms with Crippen LogP contribution in [0.5, 0.6) is 0 Å². The van der Waals surface area contributed by atoms with Crippen LogP contribution in [0.1, 0.15) is 11.1 Å². The van der Waals surface area contributed by atoms with E-state index in [-0.39, 0.29) is 18.6 Å². The first-order valence-corrected chi connectivity index (χ1v) is 7.90. The van der Waals surface area contributed by atoms with Crippen LogP contribution < -0.4 is 0 Å². The van der Waals surface area contributed by atoms with Crippen LogP contribution in [0.4, 0.5) is 4.79 Å². The number of benzene rings is 2. The Kier molecular flexibility index (Phi) is 4.93. The lowest BCUT2D eigenvalue weighted by Gasteiger charge is -2.16. The second kappa shape index (κ2) is 7.29. The normalized spacial score (nSPS) is 20.5. The maximum Gasteiger partial charge on any atom is 0.410 e. The van der Waals surface area contributed by atoms with E-state index in [2.05, 4.69) is 0 Å². The zero-order chi connectivity index (χ0) is 16.1. The molecule has 1 saturated heterocycles. The van der Waals surface area contributed by atoms with Gasteiger partial charge in [-0.2, -0.15) is 0 Å². The van der Waals surface area contributed by atoms with Gasteiger partial charge in [-0.3, -0.25) is 0 Å². The number of ether oxygens (including phenoxy) is 1. The van der Waals surface area contributed by atoms with Gasteiger partial charge in [0, 0.05) is 12.5 Å². The number of likely N-dealkylation sites (tertiary alicyclic amines) is 1. The van der Waals surface area contributed by atoms with Gasteiger partial charge in [-0.25, -0.2) is 4.79 Å². The molecule has 2 aromatic rings. The van der Waals surface area contributed by atoms with E-state index in [4.69, 9.17) is 4.74 Å². The minimum Gasteiger partial charge on any atom is -0.445 e. The molecule has 0 spiro atoms. The van der Waals surface area contributed by atoms with E-state index >= 15 is 0 Å². The second-order valence-corrected chi connectivity index (χ2v) is 5.96. The number of amides is 1. The Morgan fingerprint density at radius 3 is 2.26 bits per heavy atom. The molecule has 2 aromatic carbocycles. The molecule has 0 aliphatic carbocycles. The molecule has 2 atom stereocenters. The Morgan fingerprint density at radius 2 is 1.61 bits per heavy atom. The summed E-state index contributed by atoms with van der Waals surface area (Å²) in [5, 5.41) is 10.2. The average molecular weight is 311 g/mol. The lowest BCUT2D eigenvalue weighted by molar-refractivity contribution is 0.0967. The van der Waals surface area contributed by atoms with Gasteiger partial charge in [0.1, 0.15) is 6.61 Å². The van der Waals surface area contributed by atoms with E-state index in [1.807, 2.05) is 60.7 Å². The van der Waals surface area contributed by atoms with Crippen molar-refractivity contribution in [3.8, 4) is 0 Å². The van der Waals surface area contributed by atoms with Gasteiger partial charge in [0.25, 0.3) is 0 Å². The monoisotopic (exact) mass is 311 g/mol. The largest absolute Gasteiger partial charge is 0.445 e. The Bertz CT molecular complexity index is 630. The molecule has 0 aromatic heterocycles. The minimum atomic E-state index is -0.500. The lowest BCUT2D eigenvalue weighted by atomic mass is 9.97. The number of aliphatic hydroxyl groups is 1. The summed E-state index contributed by atoms with van der Waals surface area (Å²) < 4.78 is 5.33. The zero-order valence-corrected chi connectivity index (χ0v) is 13.0. The molecule has 1 amide bonds. The summed E-state index contributed by atoms with van der Waals surface area (Å²) in [6, 6.07) is 19.6. The van der Waals surface area contributed by atoms with Crippen LogP contribution in [-0.4, -0.2) is 35.3 Å². The zero-order valence-electron chi connectivity index (χ0n) is 13.0. The van der Waals surface area contributed by atoms with Gasteiger partial charge < -0.3 is 14.7 Å². The molecule has 0 unspecified atom stereocenters. The minimum absolute atomic E-state index is 0.0571. The number of carbonyl (C=O) groups is 1. The molecule has 1 fully saturated rings. The summed E-state index contributed by atoms with van der Waals surface area (Å²) in [5.74, 6) is 0.0571. The van der Waals surface area contributed by atoms with Crippen molar-refractivity contribution in [3.05, 3.63) is 71.8 Å². The molecule has 1 aliphatic heterocycles. The fourth-order valence-corrected chi connectivity index (χ4v) is 2.93. The number of hydrogen-bond donors (Lipinski definition) is 1. The topological polar surface area (TPSA) is 49.8 Å².